The molecule has 0 N–H and O–H groups in total. The van der Waals surface area contributed by atoms with E-state index in [1.165, 1.54) is 69.4 Å². The Balaban J connectivity index is 0.938. The van der Waals surface area contributed by atoms with E-state index in [9.17, 15) is 0 Å². The van der Waals surface area contributed by atoms with Crippen LogP contribution in [0.4, 0.5) is 0 Å². The zero-order valence-corrected chi connectivity index (χ0v) is 41.3. The van der Waals surface area contributed by atoms with Crippen LogP contribution in [0.15, 0.2) is 261 Å². The van der Waals surface area contributed by atoms with Gasteiger partial charge in [0.2, 0.25) is 0 Å². The van der Waals surface area contributed by atoms with E-state index >= 15 is 0 Å². The highest BCUT2D eigenvalue weighted by Crippen LogP contribution is 2.48. The fraction of sp³-hybridized carbons (Fsp3) is 0. The summed E-state index contributed by atoms with van der Waals surface area (Å²) in [7, 11) is 0. The van der Waals surface area contributed by atoms with E-state index in [0.29, 0.717) is 17.5 Å². The van der Waals surface area contributed by atoms with Gasteiger partial charge in [0.15, 0.2) is 17.5 Å². The highest BCUT2D eigenvalue weighted by atomic mass is 32.1. The van der Waals surface area contributed by atoms with Crippen molar-refractivity contribution in [2.24, 2.45) is 0 Å². The Morgan fingerprint density at radius 2 is 0.693 bits per heavy atom. The second-order valence-corrected chi connectivity index (χ2v) is 20.1. The molecule has 5 nitrogen and oxygen atoms in total. The van der Waals surface area contributed by atoms with E-state index in [-0.39, 0.29) is 0 Å². The quantitative estimate of drug-likeness (QED) is 0.152. The standard InChI is InChI=1S/C69H43N5S/c1-4-18-44(19-5-1)46-34-36-48(37-35-46)67-70-68(50-25-16-24-49(42-50)45-20-6-2-7-21-45)72-69(71-67)51-26-17-27-52(43-51)73-61-32-14-11-29-54(61)56-38-40-58-59-41-39-57-55-30-12-15-33-62(55)74(64(57)66(59)75-65(58)63(56)73)60-31-13-10-28-53(60)47-22-8-3-9-23-47/h1-43H. The zero-order chi connectivity index (χ0) is 49.4. The van der Waals surface area contributed by atoms with Crippen LogP contribution in [0.1, 0.15) is 0 Å². The molecule has 15 rings (SSSR count). The van der Waals surface area contributed by atoms with Gasteiger partial charge in [-0.1, -0.05) is 224 Å². The van der Waals surface area contributed by atoms with Crippen molar-refractivity contribution in [3.8, 4) is 78.9 Å². The highest BCUT2D eigenvalue weighted by molar-refractivity contribution is 7.27. The Morgan fingerprint density at radius 1 is 0.267 bits per heavy atom. The third kappa shape index (κ3) is 7.10. The van der Waals surface area contributed by atoms with Crippen LogP contribution in [0.25, 0.3) is 143 Å². The Bertz CT molecular complexity index is 4690. The molecule has 0 spiro atoms. The average molecular weight is 974 g/mol. The third-order valence-electron chi connectivity index (χ3n) is 14.8. The Labute approximate surface area is 436 Å². The van der Waals surface area contributed by atoms with E-state index in [0.717, 1.165) is 55.8 Å². The summed E-state index contributed by atoms with van der Waals surface area (Å²) in [5, 5.41) is 7.38. The maximum atomic E-state index is 5.30. The fourth-order valence-corrected chi connectivity index (χ4v) is 12.7. The van der Waals surface area contributed by atoms with E-state index in [1.54, 1.807) is 0 Å². The van der Waals surface area contributed by atoms with Crippen LogP contribution in [-0.2, 0) is 0 Å². The van der Waals surface area contributed by atoms with Crippen LogP contribution in [-0.4, -0.2) is 24.1 Å². The SMILES string of the molecule is c1ccc(-c2ccc(-c3nc(-c4cccc(-c5ccccc5)c4)nc(-c4cccc(-n5c6ccccc6c6ccc7c8ccc9c%10ccccc%10n(-c%10ccccc%10-c%10ccccc%10)c9c8sc7c65)c4)n3)cc2)cc1. The molecule has 0 atom stereocenters. The fourth-order valence-electron chi connectivity index (χ4n) is 11.3. The topological polar surface area (TPSA) is 48.5 Å². The molecule has 75 heavy (non-hydrogen) atoms. The van der Waals surface area contributed by atoms with Gasteiger partial charge < -0.3 is 9.13 Å². The van der Waals surface area contributed by atoms with Crippen molar-refractivity contribution < 1.29 is 0 Å². The first-order chi connectivity index (χ1) is 37.2. The Morgan fingerprint density at radius 3 is 1.33 bits per heavy atom. The van der Waals surface area contributed by atoms with Crippen molar-refractivity contribution in [3.63, 3.8) is 0 Å². The first-order valence-corrected chi connectivity index (χ1v) is 26.2. The van der Waals surface area contributed by atoms with Crippen molar-refractivity contribution in [2.45, 2.75) is 0 Å². The van der Waals surface area contributed by atoms with Crippen LogP contribution in [0, 0.1) is 0 Å². The lowest BCUT2D eigenvalue weighted by Gasteiger charge is -2.14. The van der Waals surface area contributed by atoms with Crippen molar-refractivity contribution >= 4 is 75.1 Å². The number of hydrogen-bond acceptors (Lipinski definition) is 4. The minimum Gasteiger partial charge on any atom is -0.308 e. The van der Waals surface area contributed by atoms with Crippen LogP contribution < -0.4 is 0 Å². The zero-order valence-electron chi connectivity index (χ0n) is 40.5. The van der Waals surface area contributed by atoms with E-state index in [1.807, 2.05) is 23.5 Å². The van der Waals surface area contributed by atoms with Gasteiger partial charge in [0, 0.05) is 60.3 Å². The molecule has 350 valence electrons. The van der Waals surface area contributed by atoms with Crippen molar-refractivity contribution in [3.05, 3.63) is 261 Å². The summed E-state index contributed by atoms with van der Waals surface area (Å²) in [6, 6.07) is 93.2. The van der Waals surface area contributed by atoms with Gasteiger partial charge in [0.05, 0.1) is 37.2 Å². The van der Waals surface area contributed by atoms with Crippen LogP contribution in [0.5, 0.6) is 0 Å². The number of benzene rings is 11. The molecular weight excluding hydrogens is 931 g/mol. The van der Waals surface area contributed by atoms with Gasteiger partial charge in [-0.3, -0.25) is 0 Å². The molecule has 0 fully saturated rings. The number of hydrogen-bond donors (Lipinski definition) is 0. The molecule has 0 aliphatic rings. The molecule has 0 aliphatic carbocycles. The molecule has 0 amide bonds. The summed E-state index contributed by atoms with van der Waals surface area (Å²) in [5.74, 6) is 1.83. The second kappa shape index (κ2) is 17.5. The Kier molecular flexibility index (Phi) is 10.00. The van der Waals surface area contributed by atoms with E-state index in [2.05, 4.69) is 258 Å². The molecule has 0 saturated heterocycles. The van der Waals surface area contributed by atoms with Gasteiger partial charge in [-0.15, -0.1) is 11.3 Å². The smallest absolute Gasteiger partial charge is 0.164 e. The lowest BCUT2D eigenvalue weighted by Crippen LogP contribution is -2.01. The summed E-state index contributed by atoms with van der Waals surface area (Å²) in [4.78, 5) is 15.8. The normalized spacial score (nSPS) is 11.7. The molecule has 0 bridgehead atoms. The van der Waals surface area contributed by atoms with Gasteiger partial charge in [-0.25, -0.2) is 15.0 Å². The number of nitrogens with zero attached hydrogens (tertiary/aromatic N) is 5. The van der Waals surface area contributed by atoms with Gasteiger partial charge >= 0.3 is 0 Å². The lowest BCUT2D eigenvalue weighted by molar-refractivity contribution is 1.07. The number of thiophene rings is 1. The second-order valence-electron chi connectivity index (χ2n) is 19.1. The van der Waals surface area contributed by atoms with Crippen LogP contribution in [0.3, 0.4) is 0 Å². The summed E-state index contributed by atoms with van der Waals surface area (Å²) in [5.41, 5.74) is 16.6. The predicted octanol–water partition coefficient (Wildman–Crippen LogP) is 18.4. The van der Waals surface area contributed by atoms with Crippen molar-refractivity contribution in [1.29, 1.82) is 0 Å². The number of rotatable bonds is 8. The average Bonchev–Trinajstić information content (AvgIpc) is 4.16. The summed E-state index contributed by atoms with van der Waals surface area (Å²) >= 11 is 1.89. The predicted molar refractivity (Wildman–Crippen MR) is 314 cm³/mol. The summed E-state index contributed by atoms with van der Waals surface area (Å²) < 4.78 is 7.47. The number of fused-ring (bicyclic) bond motifs is 11. The number of aromatic nitrogens is 5. The van der Waals surface area contributed by atoms with Gasteiger partial charge in [-0.05, 0) is 64.2 Å². The first-order valence-electron chi connectivity index (χ1n) is 25.3. The van der Waals surface area contributed by atoms with E-state index < -0.39 is 0 Å². The lowest BCUT2D eigenvalue weighted by atomic mass is 10.0. The van der Waals surface area contributed by atoms with Gasteiger partial charge in [0.1, 0.15) is 0 Å². The minimum atomic E-state index is 0.605. The van der Waals surface area contributed by atoms with Gasteiger partial charge in [-0.2, -0.15) is 0 Å². The van der Waals surface area contributed by atoms with Gasteiger partial charge in [0.25, 0.3) is 0 Å². The van der Waals surface area contributed by atoms with Crippen molar-refractivity contribution in [1.82, 2.24) is 24.1 Å². The summed E-state index contributed by atoms with van der Waals surface area (Å²) in [6.45, 7) is 0. The molecule has 11 aromatic carbocycles. The molecule has 4 heterocycles. The molecule has 0 saturated carbocycles. The molecule has 0 radical (unpaired) electrons. The first kappa shape index (κ1) is 42.9. The van der Waals surface area contributed by atoms with E-state index in [4.69, 9.17) is 15.0 Å². The monoisotopic (exact) mass is 973 g/mol. The van der Waals surface area contributed by atoms with Crippen LogP contribution >= 0.6 is 11.3 Å². The molecule has 0 unspecified atom stereocenters. The third-order valence-corrected chi connectivity index (χ3v) is 16.0. The Hall–Kier alpha value is -9.75. The highest BCUT2D eigenvalue weighted by Gasteiger charge is 2.23. The summed E-state index contributed by atoms with van der Waals surface area (Å²) in [6.07, 6.45) is 0. The molecule has 0 aliphatic heterocycles. The minimum absolute atomic E-state index is 0.605. The maximum absolute atomic E-state index is 5.30. The maximum Gasteiger partial charge on any atom is 0.164 e. The molecule has 15 aromatic rings. The number of para-hydroxylation sites is 3. The largest absolute Gasteiger partial charge is 0.308 e. The molecular formula is C69H43N5S. The molecule has 6 heteroatoms. The van der Waals surface area contributed by atoms with Crippen LogP contribution in [0.2, 0.25) is 0 Å². The molecule has 4 aromatic heterocycles. The van der Waals surface area contributed by atoms with Crippen molar-refractivity contribution in [2.75, 3.05) is 0 Å².